The first-order chi connectivity index (χ1) is 8.42. The van der Waals surface area contributed by atoms with Gasteiger partial charge in [0, 0.05) is 9.84 Å². The quantitative estimate of drug-likeness (QED) is 0.443. The van der Waals surface area contributed by atoms with Crippen molar-refractivity contribution in [3.63, 3.8) is 0 Å². The Labute approximate surface area is 119 Å². The number of alkyl halides is 1. The maximum absolute atomic E-state index is 11.6. The third-order valence-corrected chi connectivity index (χ3v) is 6.03. The largest absolute Gasteiger partial charge is 0.481 e. The molecule has 0 aromatic rings. The van der Waals surface area contributed by atoms with Gasteiger partial charge in [-0.15, -0.1) is 0 Å². The molecule has 2 aliphatic carbocycles. The number of carbonyl (C=O) groups is 2. The lowest BCUT2D eigenvalue weighted by Crippen LogP contribution is -2.47. The highest BCUT2D eigenvalue weighted by Crippen LogP contribution is 2.59. The van der Waals surface area contributed by atoms with Crippen molar-refractivity contribution in [2.75, 3.05) is 6.61 Å². The minimum absolute atomic E-state index is 0.0993. The van der Waals surface area contributed by atoms with E-state index in [1.54, 1.807) is 6.92 Å². The second-order valence-corrected chi connectivity index (χ2v) is 6.62. The summed E-state index contributed by atoms with van der Waals surface area (Å²) in [5.41, 5.74) is -1.13. The summed E-state index contributed by atoms with van der Waals surface area (Å²) >= 11 is 2.18. The lowest BCUT2D eigenvalue weighted by molar-refractivity contribution is -0.164. The molecule has 0 heterocycles. The molecule has 5 atom stereocenters. The summed E-state index contributed by atoms with van der Waals surface area (Å²) < 4.78 is 4.96. The Morgan fingerprint density at radius 2 is 2.17 bits per heavy atom. The molecule has 2 bridgehead atoms. The van der Waals surface area contributed by atoms with Gasteiger partial charge in [0.2, 0.25) is 0 Å². The normalized spacial score (nSPS) is 41.9. The molecule has 5 nitrogen and oxygen atoms in total. The standard InChI is InChI=1S/C12H17IO5/c1-2-18-8(14)5-12(11(16)17)4-6-3-7(12)10(15)9(6)13/h6-7,9-10,15H,2-5H2,1H3,(H,16,17). The minimum atomic E-state index is -1.13. The van der Waals surface area contributed by atoms with Crippen LogP contribution in [-0.4, -0.2) is 38.8 Å². The molecule has 0 aliphatic heterocycles. The van der Waals surface area contributed by atoms with Gasteiger partial charge in [-0.3, -0.25) is 9.59 Å². The van der Waals surface area contributed by atoms with Crippen LogP contribution in [0.15, 0.2) is 0 Å². The molecule has 2 saturated carbocycles. The molecule has 5 unspecified atom stereocenters. The molecular formula is C12H17IO5. The highest BCUT2D eigenvalue weighted by Gasteiger charge is 2.63. The number of carbonyl (C=O) groups excluding carboxylic acids is 1. The Bertz CT molecular complexity index is 369. The molecule has 0 radical (unpaired) electrons. The van der Waals surface area contributed by atoms with Crippen molar-refractivity contribution < 1.29 is 24.5 Å². The van der Waals surface area contributed by atoms with E-state index in [-0.39, 0.29) is 28.8 Å². The molecule has 0 saturated heterocycles. The van der Waals surface area contributed by atoms with Gasteiger partial charge in [0.1, 0.15) is 0 Å². The molecule has 2 aliphatic rings. The Kier molecular flexibility index (Phi) is 3.87. The molecule has 0 amide bonds. The number of esters is 1. The lowest BCUT2D eigenvalue weighted by Gasteiger charge is -2.37. The number of hydrogen-bond donors (Lipinski definition) is 2. The number of aliphatic hydroxyl groups is 1. The number of carboxylic acids is 1. The number of rotatable bonds is 4. The first kappa shape index (κ1) is 14.0. The highest BCUT2D eigenvalue weighted by molar-refractivity contribution is 14.1. The maximum Gasteiger partial charge on any atom is 0.310 e. The zero-order valence-corrected chi connectivity index (χ0v) is 12.3. The fourth-order valence-electron chi connectivity index (χ4n) is 3.46. The lowest BCUT2D eigenvalue weighted by atomic mass is 9.69. The van der Waals surface area contributed by atoms with Crippen LogP contribution >= 0.6 is 22.6 Å². The van der Waals surface area contributed by atoms with Crippen LogP contribution in [-0.2, 0) is 14.3 Å². The summed E-state index contributed by atoms with van der Waals surface area (Å²) in [4.78, 5) is 23.2. The second kappa shape index (κ2) is 4.96. The SMILES string of the molecule is CCOC(=O)CC1(C(=O)O)CC2CC1C(O)C2I. The second-order valence-electron chi connectivity index (χ2n) is 5.18. The van der Waals surface area contributed by atoms with E-state index in [4.69, 9.17) is 4.74 Å². The molecule has 2 N–H and O–H groups in total. The Balaban J connectivity index is 2.20. The highest BCUT2D eigenvalue weighted by atomic mass is 127. The van der Waals surface area contributed by atoms with Gasteiger partial charge in [0.25, 0.3) is 0 Å². The molecule has 2 rings (SSSR count). The van der Waals surface area contributed by atoms with Crippen molar-refractivity contribution in [2.24, 2.45) is 17.3 Å². The van der Waals surface area contributed by atoms with Gasteiger partial charge in [0.05, 0.1) is 24.5 Å². The Hall–Kier alpha value is -0.370. The van der Waals surface area contributed by atoms with Crippen LogP contribution in [0.4, 0.5) is 0 Å². The van der Waals surface area contributed by atoms with Gasteiger partial charge < -0.3 is 14.9 Å². The fraction of sp³-hybridized carbons (Fsp3) is 0.833. The van der Waals surface area contributed by atoms with Crippen LogP contribution in [0.3, 0.4) is 0 Å². The van der Waals surface area contributed by atoms with Gasteiger partial charge in [-0.1, -0.05) is 22.6 Å². The number of hydrogen-bond acceptors (Lipinski definition) is 4. The Morgan fingerprint density at radius 3 is 2.61 bits per heavy atom. The first-order valence-electron chi connectivity index (χ1n) is 6.13. The van der Waals surface area contributed by atoms with E-state index in [9.17, 15) is 19.8 Å². The maximum atomic E-state index is 11.6. The van der Waals surface area contributed by atoms with E-state index in [1.165, 1.54) is 0 Å². The molecular weight excluding hydrogens is 351 g/mol. The van der Waals surface area contributed by atoms with E-state index < -0.39 is 23.5 Å². The van der Waals surface area contributed by atoms with E-state index >= 15 is 0 Å². The van der Waals surface area contributed by atoms with Crippen molar-refractivity contribution in [1.82, 2.24) is 0 Å². The van der Waals surface area contributed by atoms with E-state index in [0.717, 1.165) is 0 Å². The van der Waals surface area contributed by atoms with E-state index in [2.05, 4.69) is 22.6 Å². The van der Waals surface area contributed by atoms with Crippen LogP contribution in [0.25, 0.3) is 0 Å². The van der Waals surface area contributed by atoms with Crippen molar-refractivity contribution in [2.45, 2.75) is 36.2 Å². The number of carboxylic acid groups (broad SMARTS) is 1. The van der Waals surface area contributed by atoms with Gasteiger partial charge in [-0.2, -0.15) is 0 Å². The van der Waals surface area contributed by atoms with Crippen molar-refractivity contribution in [3.8, 4) is 0 Å². The monoisotopic (exact) mass is 368 g/mol. The average molecular weight is 368 g/mol. The topological polar surface area (TPSA) is 83.8 Å². The molecule has 18 heavy (non-hydrogen) atoms. The van der Waals surface area contributed by atoms with Gasteiger partial charge in [0.15, 0.2) is 0 Å². The van der Waals surface area contributed by atoms with E-state index in [1.807, 2.05) is 0 Å². The average Bonchev–Trinajstić information content (AvgIpc) is 2.78. The van der Waals surface area contributed by atoms with Crippen LogP contribution in [0.1, 0.15) is 26.2 Å². The van der Waals surface area contributed by atoms with Gasteiger partial charge in [-0.05, 0) is 25.7 Å². The van der Waals surface area contributed by atoms with E-state index in [0.29, 0.717) is 12.8 Å². The first-order valence-corrected chi connectivity index (χ1v) is 7.38. The van der Waals surface area contributed by atoms with Crippen molar-refractivity contribution in [1.29, 1.82) is 0 Å². The molecule has 0 aromatic carbocycles. The molecule has 6 heteroatoms. The molecule has 2 fully saturated rings. The third kappa shape index (κ3) is 2.03. The zero-order valence-electron chi connectivity index (χ0n) is 10.1. The number of aliphatic carboxylic acids is 1. The fourth-order valence-corrected chi connectivity index (χ4v) is 4.51. The van der Waals surface area contributed by atoms with Crippen LogP contribution < -0.4 is 0 Å². The Morgan fingerprint density at radius 1 is 1.50 bits per heavy atom. The predicted octanol–water partition coefficient (Wildman–Crippen LogP) is 1.21. The third-order valence-electron chi connectivity index (χ3n) is 4.27. The zero-order chi connectivity index (χ0) is 13.5. The number of halogens is 1. The predicted molar refractivity (Wildman–Crippen MR) is 71.3 cm³/mol. The smallest absolute Gasteiger partial charge is 0.310 e. The number of fused-ring (bicyclic) bond motifs is 2. The molecule has 0 aromatic heterocycles. The van der Waals surface area contributed by atoms with Crippen LogP contribution in [0.2, 0.25) is 0 Å². The summed E-state index contributed by atoms with van der Waals surface area (Å²) in [6.45, 7) is 1.95. The summed E-state index contributed by atoms with van der Waals surface area (Å²) in [5, 5.41) is 19.6. The number of ether oxygens (including phenoxy) is 1. The van der Waals surface area contributed by atoms with Crippen LogP contribution in [0.5, 0.6) is 0 Å². The van der Waals surface area contributed by atoms with Crippen molar-refractivity contribution >= 4 is 34.5 Å². The minimum Gasteiger partial charge on any atom is -0.481 e. The van der Waals surface area contributed by atoms with Crippen LogP contribution in [0, 0.1) is 17.3 Å². The van der Waals surface area contributed by atoms with Gasteiger partial charge >= 0.3 is 11.9 Å². The molecule has 102 valence electrons. The summed E-state index contributed by atoms with van der Waals surface area (Å²) in [7, 11) is 0. The molecule has 0 spiro atoms. The number of aliphatic hydroxyl groups excluding tert-OH is 1. The summed E-state index contributed by atoms with van der Waals surface area (Å²) in [5.74, 6) is -1.60. The van der Waals surface area contributed by atoms with Gasteiger partial charge in [-0.25, -0.2) is 0 Å². The summed E-state index contributed by atoms with van der Waals surface area (Å²) in [6.07, 6.45) is 0.407. The van der Waals surface area contributed by atoms with Crippen molar-refractivity contribution in [3.05, 3.63) is 0 Å². The summed E-state index contributed by atoms with van der Waals surface area (Å²) in [6, 6.07) is 0.